The van der Waals surface area contributed by atoms with Crippen LogP contribution in [0.15, 0.2) is 52.0 Å². The van der Waals surface area contributed by atoms with Gasteiger partial charge in [0, 0.05) is 5.69 Å². The molecule has 0 aliphatic rings. The standard InChI is InChI=1S/C16H16BrN3O3/c1-23-13-5-3-12(4-6-13)18-10-16(22)20-19-9-11-2-7-15(21)14(17)8-11/h2-9,18,21H,10H2,1H3,(H,20,22)/b19-9+. The molecule has 0 spiro atoms. The van der Waals surface area contributed by atoms with Crippen molar-refractivity contribution in [3.63, 3.8) is 0 Å². The third-order valence-electron chi connectivity index (χ3n) is 2.92. The Morgan fingerprint density at radius 1 is 1.30 bits per heavy atom. The number of carbonyl (C=O) groups is 1. The van der Waals surface area contributed by atoms with Crippen LogP contribution in [0.1, 0.15) is 5.56 Å². The average Bonchev–Trinajstić information content (AvgIpc) is 2.56. The number of ether oxygens (including phenoxy) is 1. The van der Waals surface area contributed by atoms with Gasteiger partial charge in [-0.15, -0.1) is 0 Å². The Bertz CT molecular complexity index is 702. The second-order valence-corrected chi connectivity index (χ2v) is 5.44. The number of methoxy groups -OCH3 is 1. The van der Waals surface area contributed by atoms with E-state index in [0.29, 0.717) is 4.47 Å². The Hall–Kier alpha value is -2.54. The van der Waals surface area contributed by atoms with Gasteiger partial charge in [-0.05, 0) is 64.0 Å². The molecule has 0 atom stereocenters. The fraction of sp³-hybridized carbons (Fsp3) is 0.125. The van der Waals surface area contributed by atoms with Crippen LogP contribution in [-0.2, 0) is 4.79 Å². The largest absolute Gasteiger partial charge is 0.507 e. The minimum Gasteiger partial charge on any atom is -0.507 e. The van der Waals surface area contributed by atoms with Crippen LogP contribution in [0.3, 0.4) is 0 Å². The molecular weight excluding hydrogens is 362 g/mol. The van der Waals surface area contributed by atoms with Crippen LogP contribution < -0.4 is 15.5 Å². The number of benzene rings is 2. The molecule has 0 unspecified atom stereocenters. The zero-order valence-electron chi connectivity index (χ0n) is 12.4. The molecule has 2 rings (SSSR count). The van der Waals surface area contributed by atoms with Gasteiger partial charge in [0.1, 0.15) is 11.5 Å². The molecule has 0 bridgehead atoms. The van der Waals surface area contributed by atoms with E-state index in [2.05, 4.69) is 31.8 Å². The normalized spacial score (nSPS) is 10.5. The first kappa shape index (κ1) is 16.8. The van der Waals surface area contributed by atoms with Crippen LogP contribution >= 0.6 is 15.9 Å². The number of anilines is 1. The summed E-state index contributed by atoms with van der Waals surface area (Å²) in [7, 11) is 1.60. The number of nitrogens with one attached hydrogen (secondary N) is 2. The number of phenols is 1. The third-order valence-corrected chi connectivity index (χ3v) is 3.55. The van der Waals surface area contributed by atoms with Crippen molar-refractivity contribution in [2.75, 3.05) is 19.0 Å². The number of hydrazone groups is 1. The summed E-state index contributed by atoms with van der Waals surface area (Å²) in [4.78, 5) is 11.7. The Kier molecular flexibility index (Phi) is 5.99. The summed E-state index contributed by atoms with van der Waals surface area (Å²) in [6.07, 6.45) is 1.50. The number of phenolic OH excluding ortho intramolecular Hbond substituents is 1. The third kappa shape index (κ3) is 5.30. The minimum absolute atomic E-state index is 0.100. The van der Waals surface area contributed by atoms with E-state index in [1.807, 2.05) is 12.1 Å². The molecule has 0 heterocycles. The fourth-order valence-corrected chi connectivity index (χ4v) is 2.11. The van der Waals surface area contributed by atoms with Crippen LogP contribution in [0.5, 0.6) is 11.5 Å². The zero-order chi connectivity index (χ0) is 16.7. The van der Waals surface area contributed by atoms with Gasteiger partial charge >= 0.3 is 0 Å². The number of hydrogen-bond donors (Lipinski definition) is 3. The number of carbonyl (C=O) groups excluding carboxylic acids is 1. The molecule has 0 saturated heterocycles. The molecule has 7 heteroatoms. The van der Waals surface area contributed by atoms with Gasteiger partial charge in [0.2, 0.25) is 0 Å². The van der Waals surface area contributed by atoms with Gasteiger partial charge in [-0.3, -0.25) is 4.79 Å². The lowest BCUT2D eigenvalue weighted by atomic mass is 10.2. The lowest BCUT2D eigenvalue weighted by Crippen LogP contribution is -2.25. The lowest BCUT2D eigenvalue weighted by Gasteiger charge is -2.06. The van der Waals surface area contributed by atoms with E-state index in [4.69, 9.17) is 4.74 Å². The molecule has 0 aliphatic carbocycles. The summed E-state index contributed by atoms with van der Waals surface area (Å²) >= 11 is 3.21. The van der Waals surface area contributed by atoms with Crippen LogP contribution in [0.25, 0.3) is 0 Å². The number of nitrogens with zero attached hydrogens (tertiary/aromatic N) is 1. The summed E-state index contributed by atoms with van der Waals surface area (Å²) in [6.45, 7) is 0.100. The first-order chi connectivity index (χ1) is 11.1. The molecule has 1 amide bonds. The van der Waals surface area contributed by atoms with Gasteiger partial charge in [-0.2, -0.15) is 5.10 Å². The molecule has 3 N–H and O–H groups in total. The molecular formula is C16H16BrN3O3. The molecule has 6 nitrogen and oxygen atoms in total. The summed E-state index contributed by atoms with van der Waals surface area (Å²) < 4.78 is 5.62. The van der Waals surface area contributed by atoms with E-state index < -0.39 is 0 Å². The molecule has 2 aromatic rings. The van der Waals surface area contributed by atoms with Crippen molar-refractivity contribution in [1.82, 2.24) is 5.43 Å². The van der Waals surface area contributed by atoms with Crippen molar-refractivity contribution in [2.24, 2.45) is 5.10 Å². The summed E-state index contributed by atoms with van der Waals surface area (Å²) in [5.41, 5.74) is 3.98. The average molecular weight is 378 g/mol. The van der Waals surface area contributed by atoms with Gasteiger partial charge in [0.25, 0.3) is 5.91 Å². The maximum absolute atomic E-state index is 11.7. The molecule has 0 fully saturated rings. The van der Waals surface area contributed by atoms with E-state index >= 15 is 0 Å². The first-order valence-electron chi connectivity index (χ1n) is 6.77. The van der Waals surface area contributed by atoms with Crippen molar-refractivity contribution in [3.8, 4) is 11.5 Å². The molecule has 0 aliphatic heterocycles. The van der Waals surface area contributed by atoms with Gasteiger partial charge < -0.3 is 15.2 Å². The Morgan fingerprint density at radius 2 is 2.04 bits per heavy atom. The quantitative estimate of drug-likeness (QED) is 0.533. The summed E-state index contributed by atoms with van der Waals surface area (Å²) in [5.74, 6) is 0.634. The maximum Gasteiger partial charge on any atom is 0.259 e. The molecule has 23 heavy (non-hydrogen) atoms. The predicted octanol–water partition coefficient (Wildman–Crippen LogP) is 2.73. The number of aromatic hydroxyl groups is 1. The highest BCUT2D eigenvalue weighted by atomic mass is 79.9. The first-order valence-corrected chi connectivity index (χ1v) is 7.56. The molecule has 0 aromatic heterocycles. The van der Waals surface area contributed by atoms with E-state index in [1.165, 1.54) is 6.21 Å². The van der Waals surface area contributed by atoms with Crippen LogP contribution in [0, 0.1) is 0 Å². The van der Waals surface area contributed by atoms with Crippen molar-refractivity contribution >= 4 is 33.7 Å². The van der Waals surface area contributed by atoms with Gasteiger partial charge in [-0.1, -0.05) is 0 Å². The van der Waals surface area contributed by atoms with Crippen molar-refractivity contribution in [3.05, 3.63) is 52.5 Å². The van der Waals surface area contributed by atoms with Crippen LogP contribution in [0.2, 0.25) is 0 Å². The minimum atomic E-state index is -0.269. The van der Waals surface area contributed by atoms with Crippen molar-refractivity contribution in [2.45, 2.75) is 0 Å². The highest BCUT2D eigenvalue weighted by Crippen LogP contribution is 2.23. The second kappa shape index (κ2) is 8.19. The number of hydrogen-bond acceptors (Lipinski definition) is 5. The molecule has 120 valence electrons. The van der Waals surface area contributed by atoms with E-state index in [0.717, 1.165) is 17.0 Å². The highest BCUT2D eigenvalue weighted by Gasteiger charge is 2.00. The van der Waals surface area contributed by atoms with E-state index in [1.54, 1.807) is 37.4 Å². The maximum atomic E-state index is 11.7. The monoisotopic (exact) mass is 377 g/mol. The smallest absolute Gasteiger partial charge is 0.259 e. The molecule has 0 saturated carbocycles. The Morgan fingerprint density at radius 3 is 2.70 bits per heavy atom. The number of amides is 1. The summed E-state index contributed by atoms with van der Waals surface area (Å²) in [6, 6.07) is 12.2. The van der Waals surface area contributed by atoms with Gasteiger partial charge in [-0.25, -0.2) is 5.43 Å². The van der Waals surface area contributed by atoms with Gasteiger partial charge in [0.05, 0.1) is 24.3 Å². The summed E-state index contributed by atoms with van der Waals surface area (Å²) in [5, 5.41) is 16.2. The Balaban J connectivity index is 1.79. The predicted molar refractivity (Wildman–Crippen MR) is 93.0 cm³/mol. The van der Waals surface area contributed by atoms with Crippen molar-refractivity contribution < 1.29 is 14.6 Å². The number of rotatable bonds is 6. The molecule has 2 aromatic carbocycles. The fourth-order valence-electron chi connectivity index (χ4n) is 1.71. The van der Waals surface area contributed by atoms with Crippen molar-refractivity contribution in [1.29, 1.82) is 0 Å². The second-order valence-electron chi connectivity index (χ2n) is 4.59. The van der Waals surface area contributed by atoms with Gasteiger partial charge in [0.15, 0.2) is 0 Å². The number of halogens is 1. The topological polar surface area (TPSA) is 83.0 Å². The van der Waals surface area contributed by atoms with Crippen LogP contribution in [-0.4, -0.2) is 30.9 Å². The SMILES string of the molecule is COc1ccc(NCC(=O)N/N=C/c2ccc(O)c(Br)c2)cc1. The highest BCUT2D eigenvalue weighted by molar-refractivity contribution is 9.10. The Labute approximate surface area is 142 Å². The molecule has 0 radical (unpaired) electrons. The lowest BCUT2D eigenvalue weighted by molar-refractivity contribution is -0.119. The van der Waals surface area contributed by atoms with E-state index in [-0.39, 0.29) is 18.2 Å². The zero-order valence-corrected chi connectivity index (χ0v) is 14.0. The van der Waals surface area contributed by atoms with E-state index in [9.17, 15) is 9.90 Å². The van der Waals surface area contributed by atoms with Crippen LogP contribution in [0.4, 0.5) is 5.69 Å².